The van der Waals surface area contributed by atoms with E-state index in [4.69, 9.17) is 4.74 Å². The van der Waals surface area contributed by atoms with Gasteiger partial charge >= 0.3 is 0 Å². The molecule has 2 aromatic carbocycles. The highest BCUT2D eigenvalue weighted by molar-refractivity contribution is 5.90. The molecule has 0 spiro atoms. The fraction of sp³-hybridized carbons (Fsp3) is 0.409. The van der Waals surface area contributed by atoms with Crippen LogP contribution in [0.15, 0.2) is 48.5 Å². The molecule has 2 N–H and O–H groups in total. The van der Waals surface area contributed by atoms with Gasteiger partial charge in [0.05, 0.1) is 0 Å². The minimum Gasteiger partial charge on any atom is -0.489 e. The molecule has 2 aliphatic heterocycles. The lowest BCUT2D eigenvalue weighted by Crippen LogP contribution is -2.39. The number of hydrogen-bond donors (Lipinski definition) is 2. The van der Waals surface area contributed by atoms with Crippen LogP contribution in [-0.4, -0.2) is 18.0 Å². The fourth-order valence-electron chi connectivity index (χ4n) is 4.23. The lowest BCUT2D eigenvalue weighted by atomic mass is 9.89. The number of benzene rings is 2. The quantitative estimate of drug-likeness (QED) is 0.734. The molecule has 1 amide bonds. The summed E-state index contributed by atoms with van der Waals surface area (Å²) in [5.41, 5.74) is 1.28. The van der Waals surface area contributed by atoms with Crippen LogP contribution in [0.2, 0.25) is 0 Å². The Balaban J connectivity index is 0.00000225. The lowest BCUT2D eigenvalue weighted by molar-refractivity contribution is -0.117. The SMILES string of the molecule is Cl.O=C(CC1CC2CCC(C1)N2)Nc1ccc(OCc2ccccc2F)cc1. The van der Waals surface area contributed by atoms with Crippen LogP contribution in [0.3, 0.4) is 0 Å². The first-order chi connectivity index (χ1) is 13.2. The molecule has 0 aliphatic carbocycles. The van der Waals surface area contributed by atoms with Crippen molar-refractivity contribution in [1.29, 1.82) is 0 Å². The molecule has 28 heavy (non-hydrogen) atoms. The average Bonchev–Trinajstić information content (AvgIpc) is 3.00. The molecule has 2 atom stereocenters. The summed E-state index contributed by atoms with van der Waals surface area (Å²) in [6, 6.07) is 15.0. The molecule has 2 aliphatic rings. The zero-order chi connectivity index (χ0) is 18.6. The van der Waals surface area contributed by atoms with Gasteiger partial charge < -0.3 is 15.4 Å². The van der Waals surface area contributed by atoms with Crippen molar-refractivity contribution >= 4 is 24.0 Å². The van der Waals surface area contributed by atoms with Gasteiger partial charge in [-0.15, -0.1) is 12.4 Å². The summed E-state index contributed by atoms with van der Waals surface area (Å²) in [6.07, 6.45) is 5.29. The van der Waals surface area contributed by atoms with Gasteiger partial charge in [0.2, 0.25) is 5.91 Å². The predicted molar refractivity (Wildman–Crippen MR) is 110 cm³/mol. The first-order valence-electron chi connectivity index (χ1n) is 9.68. The molecule has 0 radical (unpaired) electrons. The summed E-state index contributed by atoms with van der Waals surface area (Å²) >= 11 is 0. The van der Waals surface area contributed by atoms with Crippen molar-refractivity contribution in [3.8, 4) is 5.75 Å². The van der Waals surface area contributed by atoms with E-state index in [0.717, 1.165) is 18.5 Å². The number of rotatable bonds is 6. The van der Waals surface area contributed by atoms with E-state index in [9.17, 15) is 9.18 Å². The highest BCUT2D eigenvalue weighted by Gasteiger charge is 2.34. The lowest BCUT2D eigenvalue weighted by Gasteiger charge is -2.28. The molecule has 150 valence electrons. The third-order valence-electron chi connectivity index (χ3n) is 5.54. The van der Waals surface area contributed by atoms with Crippen LogP contribution in [0, 0.1) is 11.7 Å². The van der Waals surface area contributed by atoms with Gasteiger partial charge in [-0.1, -0.05) is 18.2 Å². The zero-order valence-electron chi connectivity index (χ0n) is 15.7. The minimum absolute atomic E-state index is 0. The smallest absolute Gasteiger partial charge is 0.224 e. The van der Waals surface area contributed by atoms with E-state index in [1.165, 1.54) is 18.9 Å². The van der Waals surface area contributed by atoms with Gasteiger partial charge in [-0.25, -0.2) is 4.39 Å². The van der Waals surface area contributed by atoms with Gasteiger partial charge in [0, 0.05) is 29.8 Å². The van der Waals surface area contributed by atoms with E-state index < -0.39 is 0 Å². The van der Waals surface area contributed by atoms with Crippen molar-refractivity contribution in [3.63, 3.8) is 0 Å². The molecule has 0 aromatic heterocycles. The maximum absolute atomic E-state index is 13.6. The van der Waals surface area contributed by atoms with Crippen molar-refractivity contribution in [1.82, 2.24) is 5.32 Å². The Morgan fingerprint density at radius 1 is 1.07 bits per heavy atom. The molecule has 2 heterocycles. The Kier molecular flexibility index (Phi) is 6.92. The molecule has 4 rings (SSSR count). The third kappa shape index (κ3) is 5.24. The standard InChI is InChI=1S/C22H25FN2O2.ClH/c23-21-4-2-1-3-16(21)14-27-20-9-7-17(8-10-20)25-22(26)13-15-11-18-5-6-19(12-15)24-18;/h1-4,7-10,15,18-19,24H,5-6,11-14H2,(H,25,26);1H. The number of amides is 1. The van der Waals surface area contributed by atoms with Crippen LogP contribution in [0.25, 0.3) is 0 Å². The van der Waals surface area contributed by atoms with E-state index in [0.29, 0.717) is 35.7 Å². The molecule has 0 saturated carbocycles. The third-order valence-corrected chi connectivity index (χ3v) is 5.54. The number of ether oxygens (including phenoxy) is 1. The predicted octanol–water partition coefficient (Wildman–Crippen LogP) is 4.69. The summed E-state index contributed by atoms with van der Waals surface area (Å²) in [4.78, 5) is 12.3. The number of hydrogen-bond acceptors (Lipinski definition) is 3. The van der Waals surface area contributed by atoms with E-state index in [1.54, 1.807) is 30.3 Å². The first-order valence-corrected chi connectivity index (χ1v) is 9.68. The summed E-state index contributed by atoms with van der Waals surface area (Å²) in [7, 11) is 0. The van der Waals surface area contributed by atoms with Gasteiger partial charge in [0.15, 0.2) is 0 Å². The molecule has 2 fully saturated rings. The summed E-state index contributed by atoms with van der Waals surface area (Å²) in [6.45, 7) is 0.177. The number of carbonyl (C=O) groups is 1. The molecule has 2 aromatic rings. The summed E-state index contributed by atoms with van der Waals surface area (Å²) in [5, 5.41) is 6.58. The van der Waals surface area contributed by atoms with Crippen LogP contribution in [0.1, 0.15) is 37.7 Å². The number of anilines is 1. The van der Waals surface area contributed by atoms with Gasteiger partial charge in [0.1, 0.15) is 18.2 Å². The second-order valence-electron chi connectivity index (χ2n) is 7.63. The van der Waals surface area contributed by atoms with Crippen molar-refractivity contribution in [2.24, 2.45) is 5.92 Å². The second kappa shape index (κ2) is 9.39. The van der Waals surface area contributed by atoms with Crippen LogP contribution < -0.4 is 15.4 Å². The highest BCUT2D eigenvalue weighted by Crippen LogP contribution is 2.32. The van der Waals surface area contributed by atoms with E-state index in [1.807, 2.05) is 12.1 Å². The van der Waals surface area contributed by atoms with Gasteiger partial charge in [-0.2, -0.15) is 0 Å². The van der Waals surface area contributed by atoms with Crippen LogP contribution in [0.5, 0.6) is 5.75 Å². The topological polar surface area (TPSA) is 50.4 Å². The Labute approximate surface area is 171 Å². The Bertz CT molecular complexity index is 787. The van der Waals surface area contributed by atoms with E-state index >= 15 is 0 Å². The second-order valence-corrected chi connectivity index (χ2v) is 7.63. The maximum atomic E-state index is 13.6. The average molecular weight is 405 g/mol. The fourth-order valence-corrected chi connectivity index (χ4v) is 4.23. The molecule has 2 saturated heterocycles. The molecular formula is C22H26ClFN2O2. The van der Waals surface area contributed by atoms with Crippen LogP contribution >= 0.6 is 12.4 Å². The number of piperidine rings is 1. The molecule has 4 nitrogen and oxygen atoms in total. The molecule has 2 unspecified atom stereocenters. The first kappa shape index (κ1) is 20.6. The highest BCUT2D eigenvalue weighted by atomic mass is 35.5. The monoisotopic (exact) mass is 404 g/mol. The molecule has 6 heteroatoms. The zero-order valence-corrected chi connectivity index (χ0v) is 16.5. The Morgan fingerprint density at radius 3 is 2.43 bits per heavy atom. The summed E-state index contributed by atoms with van der Waals surface area (Å²) < 4.78 is 19.2. The number of halogens is 2. The Morgan fingerprint density at radius 2 is 1.75 bits per heavy atom. The minimum atomic E-state index is -0.271. The number of carbonyl (C=O) groups excluding carboxylic acids is 1. The van der Waals surface area contributed by atoms with Crippen molar-refractivity contribution in [2.75, 3.05) is 5.32 Å². The van der Waals surface area contributed by atoms with E-state index in [2.05, 4.69) is 10.6 Å². The Hall–Kier alpha value is -2.11. The maximum Gasteiger partial charge on any atom is 0.224 e. The normalized spacial score (nSPS) is 23.0. The van der Waals surface area contributed by atoms with Crippen molar-refractivity contribution < 1.29 is 13.9 Å². The number of nitrogens with one attached hydrogen (secondary N) is 2. The van der Waals surface area contributed by atoms with Gasteiger partial charge in [-0.3, -0.25) is 4.79 Å². The summed E-state index contributed by atoms with van der Waals surface area (Å²) in [5.74, 6) is 0.923. The van der Waals surface area contributed by atoms with Crippen LogP contribution in [-0.2, 0) is 11.4 Å². The molecule has 2 bridgehead atoms. The molecular weight excluding hydrogens is 379 g/mol. The van der Waals surface area contributed by atoms with Gasteiger partial charge in [0.25, 0.3) is 0 Å². The van der Waals surface area contributed by atoms with Crippen LogP contribution in [0.4, 0.5) is 10.1 Å². The van der Waals surface area contributed by atoms with Crippen molar-refractivity contribution in [2.45, 2.75) is 50.8 Å². The van der Waals surface area contributed by atoms with E-state index in [-0.39, 0.29) is 30.7 Å². The largest absolute Gasteiger partial charge is 0.489 e. The number of fused-ring (bicyclic) bond motifs is 2. The van der Waals surface area contributed by atoms with Crippen molar-refractivity contribution in [3.05, 3.63) is 59.9 Å². The van der Waals surface area contributed by atoms with Gasteiger partial charge in [-0.05, 0) is 61.9 Å².